The fraction of sp³-hybridized carbons (Fsp3) is 0.700. The molecule has 3 N–H and O–H groups in total. The average Bonchev–Trinajstić information content (AvgIpc) is 2.56. The van der Waals surface area contributed by atoms with Crippen LogP contribution in [-0.2, 0) is 6.54 Å². The molecule has 78 valence electrons. The van der Waals surface area contributed by atoms with E-state index >= 15 is 0 Å². The summed E-state index contributed by atoms with van der Waals surface area (Å²) < 4.78 is 1.97. The van der Waals surface area contributed by atoms with Crippen molar-refractivity contribution in [2.45, 2.75) is 38.3 Å². The van der Waals surface area contributed by atoms with Crippen LogP contribution in [0.3, 0.4) is 0 Å². The second-order valence-electron chi connectivity index (χ2n) is 4.11. The molecule has 1 heterocycles. The fourth-order valence-electron chi connectivity index (χ4n) is 2.15. The van der Waals surface area contributed by atoms with Gasteiger partial charge in [-0.15, -0.1) is 0 Å². The number of imidazole rings is 1. The van der Waals surface area contributed by atoms with Gasteiger partial charge in [0.1, 0.15) is 5.82 Å². The smallest absolute Gasteiger partial charge is 0.141 e. The Bertz CT molecular complexity index is 297. The molecule has 0 aliphatic heterocycles. The molecule has 1 fully saturated rings. The van der Waals surface area contributed by atoms with Crippen LogP contribution in [0.15, 0.2) is 12.5 Å². The van der Waals surface area contributed by atoms with E-state index in [0.717, 1.165) is 25.8 Å². The van der Waals surface area contributed by atoms with Crippen molar-refractivity contribution in [3.8, 4) is 0 Å². The monoisotopic (exact) mass is 195 g/mol. The molecule has 0 bridgehead atoms. The third kappa shape index (κ3) is 2.07. The molecule has 1 aliphatic carbocycles. The zero-order valence-electron chi connectivity index (χ0n) is 8.26. The van der Waals surface area contributed by atoms with E-state index in [1.54, 1.807) is 6.33 Å². The summed E-state index contributed by atoms with van der Waals surface area (Å²) in [6.45, 7) is 0.839. The Morgan fingerprint density at radius 2 is 2.29 bits per heavy atom. The van der Waals surface area contributed by atoms with E-state index in [0.29, 0.717) is 11.7 Å². The lowest BCUT2D eigenvalue weighted by Gasteiger charge is -2.27. The van der Waals surface area contributed by atoms with Gasteiger partial charge in [-0.3, -0.25) is 0 Å². The van der Waals surface area contributed by atoms with Crippen LogP contribution in [0.2, 0.25) is 0 Å². The number of nitrogens with zero attached hydrogens (tertiary/aromatic N) is 2. The molecule has 2 rings (SSSR count). The van der Waals surface area contributed by atoms with Gasteiger partial charge in [0.25, 0.3) is 0 Å². The SMILES string of the molecule is Nc1cn(CC2CCCCC2O)cn1. The molecule has 1 aromatic heterocycles. The van der Waals surface area contributed by atoms with E-state index in [2.05, 4.69) is 4.98 Å². The number of nitrogen functional groups attached to an aromatic ring is 1. The minimum Gasteiger partial charge on any atom is -0.393 e. The number of nitrogens with two attached hydrogens (primary N) is 1. The van der Waals surface area contributed by atoms with Gasteiger partial charge in [-0.05, 0) is 12.8 Å². The summed E-state index contributed by atoms with van der Waals surface area (Å²) in [4.78, 5) is 3.97. The molecule has 1 aliphatic rings. The third-order valence-corrected chi connectivity index (χ3v) is 2.97. The van der Waals surface area contributed by atoms with Crippen LogP contribution in [0.5, 0.6) is 0 Å². The molecule has 1 aromatic rings. The molecule has 0 saturated heterocycles. The van der Waals surface area contributed by atoms with E-state index in [-0.39, 0.29) is 6.10 Å². The van der Waals surface area contributed by atoms with Crippen molar-refractivity contribution < 1.29 is 5.11 Å². The molecule has 14 heavy (non-hydrogen) atoms. The zero-order valence-corrected chi connectivity index (χ0v) is 8.26. The molecule has 0 spiro atoms. The van der Waals surface area contributed by atoms with Crippen LogP contribution in [-0.4, -0.2) is 20.8 Å². The summed E-state index contributed by atoms with van der Waals surface area (Å²) in [7, 11) is 0. The summed E-state index contributed by atoms with van der Waals surface area (Å²) in [5, 5.41) is 9.77. The molecular formula is C10H17N3O. The number of aliphatic hydroxyl groups excluding tert-OH is 1. The molecule has 2 unspecified atom stereocenters. The fourth-order valence-corrected chi connectivity index (χ4v) is 2.15. The quantitative estimate of drug-likeness (QED) is 0.740. The predicted molar refractivity (Wildman–Crippen MR) is 54.6 cm³/mol. The standard InChI is InChI=1S/C10H17N3O/c11-10-6-13(7-12-10)5-8-3-1-2-4-9(8)14/h6-9,14H,1-5,11H2. The second kappa shape index (κ2) is 4.00. The van der Waals surface area contributed by atoms with E-state index < -0.39 is 0 Å². The van der Waals surface area contributed by atoms with Crippen molar-refractivity contribution >= 4 is 5.82 Å². The van der Waals surface area contributed by atoms with Crippen LogP contribution in [0.25, 0.3) is 0 Å². The summed E-state index contributed by atoms with van der Waals surface area (Å²) in [6, 6.07) is 0. The van der Waals surface area contributed by atoms with Crippen molar-refractivity contribution in [2.75, 3.05) is 5.73 Å². The highest BCUT2D eigenvalue weighted by atomic mass is 16.3. The Kier molecular flexibility index (Phi) is 2.72. The molecule has 0 aromatic carbocycles. The van der Waals surface area contributed by atoms with Crippen molar-refractivity contribution in [1.29, 1.82) is 0 Å². The normalized spacial score (nSPS) is 27.8. The van der Waals surface area contributed by atoms with E-state index in [4.69, 9.17) is 5.73 Å². The van der Waals surface area contributed by atoms with Gasteiger partial charge in [-0.25, -0.2) is 4.98 Å². The molecule has 1 saturated carbocycles. The minimum absolute atomic E-state index is 0.146. The Hall–Kier alpha value is -1.03. The number of hydrogen-bond donors (Lipinski definition) is 2. The van der Waals surface area contributed by atoms with E-state index in [9.17, 15) is 5.11 Å². The van der Waals surface area contributed by atoms with Gasteiger partial charge in [0.05, 0.1) is 12.4 Å². The van der Waals surface area contributed by atoms with Gasteiger partial charge in [0.15, 0.2) is 0 Å². The third-order valence-electron chi connectivity index (χ3n) is 2.97. The van der Waals surface area contributed by atoms with Gasteiger partial charge in [0, 0.05) is 18.7 Å². The maximum atomic E-state index is 9.77. The number of rotatable bonds is 2. The van der Waals surface area contributed by atoms with Crippen LogP contribution < -0.4 is 5.73 Å². The van der Waals surface area contributed by atoms with Gasteiger partial charge in [-0.2, -0.15) is 0 Å². The molecule has 0 radical (unpaired) electrons. The van der Waals surface area contributed by atoms with Crippen LogP contribution in [0.1, 0.15) is 25.7 Å². The lowest BCUT2D eigenvalue weighted by molar-refractivity contribution is 0.0606. The first kappa shape index (κ1) is 9.52. The van der Waals surface area contributed by atoms with Crippen molar-refractivity contribution in [1.82, 2.24) is 9.55 Å². The molecule has 4 heteroatoms. The Balaban J connectivity index is 1.95. The topological polar surface area (TPSA) is 64.1 Å². The number of aromatic nitrogens is 2. The molecule has 4 nitrogen and oxygen atoms in total. The molecular weight excluding hydrogens is 178 g/mol. The van der Waals surface area contributed by atoms with E-state index in [1.807, 2.05) is 10.8 Å². The molecule has 0 amide bonds. The lowest BCUT2D eigenvalue weighted by Crippen LogP contribution is -2.27. The number of hydrogen-bond acceptors (Lipinski definition) is 3. The van der Waals surface area contributed by atoms with Crippen LogP contribution >= 0.6 is 0 Å². The highest BCUT2D eigenvalue weighted by Gasteiger charge is 2.23. The Labute approximate surface area is 83.8 Å². The number of aliphatic hydroxyl groups is 1. The summed E-state index contributed by atoms with van der Waals surface area (Å²) in [6.07, 6.45) is 7.84. The van der Waals surface area contributed by atoms with Gasteiger partial charge in [-0.1, -0.05) is 12.8 Å². The largest absolute Gasteiger partial charge is 0.393 e. The first-order chi connectivity index (χ1) is 6.75. The maximum absolute atomic E-state index is 9.77. The first-order valence-corrected chi connectivity index (χ1v) is 5.21. The Morgan fingerprint density at radius 3 is 2.93 bits per heavy atom. The maximum Gasteiger partial charge on any atom is 0.141 e. The summed E-state index contributed by atoms with van der Waals surface area (Å²) >= 11 is 0. The first-order valence-electron chi connectivity index (χ1n) is 5.21. The average molecular weight is 195 g/mol. The van der Waals surface area contributed by atoms with Crippen molar-refractivity contribution in [3.63, 3.8) is 0 Å². The minimum atomic E-state index is -0.146. The van der Waals surface area contributed by atoms with Gasteiger partial charge < -0.3 is 15.4 Å². The van der Waals surface area contributed by atoms with E-state index in [1.165, 1.54) is 6.42 Å². The second-order valence-corrected chi connectivity index (χ2v) is 4.11. The van der Waals surface area contributed by atoms with Crippen LogP contribution in [0, 0.1) is 5.92 Å². The predicted octanol–water partition coefficient (Wildman–Crippen LogP) is 1.02. The van der Waals surface area contributed by atoms with Crippen molar-refractivity contribution in [3.05, 3.63) is 12.5 Å². The summed E-state index contributed by atoms with van der Waals surface area (Å²) in [5.74, 6) is 0.924. The summed E-state index contributed by atoms with van der Waals surface area (Å²) in [5.41, 5.74) is 5.52. The number of anilines is 1. The zero-order chi connectivity index (χ0) is 9.97. The van der Waals surface area contributed by atoms with Gasteiger partial charge in [0.2, 0.25) is 0 Å². The lowest BCUT2D eigenvalue weighted by atomic mass is 9.86. The van der Waals surface area contributed by atoms with Gasteiger partial charge >= 0.3 is 0 Å². The van der Waals surface area contributed by atoms with Crippen LogP contribution in [0.4, 0.5) is 5.82 Å². The van der Waals surface area contributed by atoms with Crippen molar-refractivity contribution in [2.24, 2.45) is 5.92 Å². The highest BCUT2D eigenvalue weighted by molar-refractivity contribution is 5.22. The Morgan fingerprint density at radius 1 is 1.50 bits per heavy atom. The molecule has 2 atom stereocenters. The highest BCUT2D eigenvalue weighted by Crippen LogP contribution is 2.25.